The van der Waals surface area contributed by atoms with Gasteiger partial charge < -0.3 is 9.84 Å². The van der Waals surface area contributed by atoms with Crippen LogP contribution in [0.5, 0.6) is 0 Å². The maximum atomic E-state index is 12.1. The fraction of sp³-hybridized carbons (Fsp3) is 0.818. The van der Waals surface area contributed by atoms with Crippen LogP contribution in [-0.2, 0) is 14.3 Å². The summed E-state index contributed by atoms with van der Waals surface area (Å²) in [6, 6.07) is -1.39. The van der Waals surface area contributed by atoms with Crippen molar-refractivity contribution in [3.8, 4) is 0 Å². The topological polar surface area (TPSA) is 76.1 Å². The number of likely N-dealkylation sites (tertiary alicyclic amines) is 1. The van der Waals surface area contributed by atoms with Gasteiger partial charge in [-0.25, -0.2) is 9.59 Å². The van der Waals surface area contributed by atoms with Crippen molar-refractivity contribution in [2.24, 2.45) is 0 Å². The van der Waals surface area contributed by atoms with E-state index < -0.39 is 49.1 Å². The molecule has 1 N–H and O–H groups in total. The molecule has 1 fully saturated rings. The average molecular weight is 299 g/mol. The van der Waals surface area contributed by atoms with Gasteiger partial charge in [-0.1, -0.05) is 0 Å². The Morgan fingerprint density at radius 2 is 1.80 bits per heavy atom. The first-order chi connectivity index (χ1) is 8.89. The largest absolute Gasteiger partial charge is 0.522 e. The molecule has 0 aromatic carbocycles. The Kier molecular flexibility index (Phi) is 4.52. The first kappa shape index (κ1) is 16.5. The molecule has 0 saturated carbocycles. The summed E-state index contributed by atoms with van der Waals surface area (Å²) in [6.45, 7) is 4.23. The molecule has 1 heterocycles. The lowest BCUT2D eigenvalue weighted by molar-refractivity contribution is -0.340. The highest BCUT2D eigenvalue weighted by atomic mass is 19.4. The van der Waals surface area contributed by atoms with Crippen LogP contribution in [0.1, 0.15) is 27.2 Å². The van der Waals surface area contributed by atoms with Gasteiger partial charge in [0.15, 0.2) is 0 Å². The Labute approximate surface area is 113 Å². The van der Waals surface area contributed by atoms with E-state index in [1.165, 1.54) is 0 Å². The maximum Gasteiger partial charge on any atom is 0.522 e. The molecule has 0 aromatic rings. The quantitative estimate of drug-likeness (QED) is 0.844. The minimum Gasteiger partial charge on any atom is -0.480 e. The van der Waals surface area contributed by atoms with E-state index in [2.05, 4.69) is 4.74 Å². The van der Waals surface area contributed by atoms with Gasteiger partial charge in [0.05, 0.1) is 12.6 Å². The molecule has 1 rings (SSSR count). The van der Waals surface area contributed by atoms with Crippen LogP contribution in [0.4, 0.5) is 18.0 Å². The van der Waals surface area contributed by atoms with Crippen LogP contribution in [0.2, 0.25) is 0 Å². The first-order valence-corrected chi connectivity index (χ1v) is 5.86. The molecule has 1 saturated heterocycles. The van der Waals surface area contributed by atoms with Crippen LogP contribution < -0.4 is 0 Å². The molecule has 1 aliphatic heterocycles. The number of alkyl halides is 3. The van der Waals surface area contributed by atoms with E-state index in [0.29, 0.717) is 0 Å². The number of carbonyl (C=O) groups is 2. The average Bonchev–Trinajstić information content (AvgIpc) is 2.56. The highest BCUT2D eigenvalue weighted by Gasteiger charge is 2.46. The Bertz CT molecular complexity index is 391. The summed E-state index contributed by atoms with van der Waals surface area (Å²) in [4.78, 5) is 23.5. The molecular weight excluding hydrogens is 283 g/mol. The van der Waals surface area contributed by atoms with Crippen LogP contribution in [0.15, 0.2) is 0 Å². The van der Waals surface area contributed by atoms with Crippen molar-refractivity contribution >= 4 is 12.1 Å². The molecule has 0 aromatic heterocycles. The molecule has 1 aliphatic rings. The lowest BCUT2D eigenvalue weighted by atomic mass is 10.2. The summed E-state index contributed by atoms with van der Waals surface area (Å²) in [7, 11) is 0. The van der Waals surface area contributed by atoms with E-state index in [4.69, 9.17) is 9.84 Å². The van der Waals surface area contributed by atoms with Gasteiger partial charge in [0.1, 0.15) is 11.6 Å². The zero-order valence-corrected chi connectivity index (χ0v) is 11.2. The van der Waals surface area contributed by atoms with Gasteiger partial charge in [-0.2, -0.15) is 0 Å². The second-order valence-corrected chi connectivity index (χ2v) is 5.41. The summed E-state index contributed by atoms with van der Waals surface area (Å²) >= 11 is 0. The lowest BCUT2D eigenvalue weighted by Gasteiger charge is -2.26. The zero-order chi connectivity index (χ0) is 15.7. The lowest BCUT2D eigenvalue weighted by Crippen LogP contribution is -2.43. The number of nitrogens with zero attached hydrogens (tertiary/aromatic N) is 1. The Hall–Kier alpha value is -1.51. The van der Waals surface area contributed by atoms with E-state index in [-0.39, 0.29) is 0 Å². The van der Waals surface area contributed by atoms with Gasteiger partial charge in [0.25, 0.3) is 0 Å². The van der Waals surface area contributed by atoms with Crippen molar-refractivity contribution in [2.45, 2.75) is 51.3 Å². The number of hydrogen-bond acceptors (Lipinski definition) is 4. The van der Waals surface area contributed by atoms with Crippen molar-refractivity contribution in [3.63, 3.8) is 0 Å². The Morgan fingerprint density at radius 1 is 1.25 bits per heavy atom. The minimum atomic E-state index is -4.88. The number of hydrogen-bond donors (Lipinski definition) is 1. The number of aliphatic carboxylic acids is 1. The summed E-state index contributed by atoms with van der Waals surface area (Å²) in [5, 5.41) is 8.96. The SMILES string of the molecule is CC(C)(C)OC(=O)N1C[C@@H](OC(F)(F)F)C[C@H]1C(=O)O. The molecular formula is C11H16F3NO5. The van der Waals surface area contributed by atoms with E-state index in [0.717, 1.165) is 4.90 Å². The van der Waals surface area contributed by atoms with Crippen molar-refractivity contribution in [3.05, 3.63) is 0 Å². The number of ether oxygens (including phenoxy) is 2. The Balaban J connectivity index is 2.78. The third-order valence-corrected chi connectivity index (χ3v) is 2.48. The Morgan fingerprint density at radius 3 is 2.20 bits per heavy atom. The summed E-state index contributed by atoms with van der Waals surface area (Å²) < 4.78 is 45.1. The monoisotopic (exact) mass is 299 g/mol. The molecule has 6 nitrogen and oxygen atoms in total. The van der Waals surface area contributed by atoms with Gasteiger partial charge >= 0.3 is 18.4 Å². The molecule has 9 heteroatoms. The van der Waals surface area contributed by atoms with Crippen molar-refractivity contribution in [1.82, 2.24) is 4.90 Å². The molecule has 0 radical (unpaired) electrons. The zero-order valence-electron chi connectivity index (χ0n) is 11.2. The minimum absolute atomic E-state index is 0.436. The van der Waals surface area contributed by atoms with Crippen molar-refractivity contribution in [1.29, 1.82) is 0 Å². The predicted molar refractivity (Wildman–Crippen MR) is 59.9 cm³/mol. The molecule has 0 bridgehead atoms. The molecule has 0 spiro atoms. The first-order valence-electron chi connectivity index (χ1n) is 5.86. The van der Waals surface area contributed by atoms with Crippen LogP contribution >= 0.6 is 0 Å². The molecule has 2 atom stereocenters. The molecule has 0 unspecified atom stereocenters. The fourth-order valence-corrected chi connectivity index (χ4v) is 1.83. The third kappa shape index (κ3) is 4.87. The summed E-state index contributed by atoms with van der Waals surface area (Å²) in [5.74, 6) is -1.40. The molecule has 0 aliphatic carbocycles. The smallest absolute Gasteiger partial charge is 0.480 e. The number of carboxylic acids is 1. The third-order valence-electron chi connectivity index (χ3n) is 2.48. The number of amides is 1. The maximum absolute atomic E-state index is 12.1. The van der Waals surface area contributed by atoms with Gasteiger partial charge in [0, 0.05) is 6.42 Å². The predicted octanol–water partition coefficient (Wildman–Crippen LogP) is 1.99. The normalized spacial score (nSPS) is 23.8. The molecule has 116 valence electrons. The van der Waals surface area contributed by atoms with Crippen molar-refractivity contribution < 1.29 is 37.3 Å². The highest BCUT2D eigenvalue weighted by molar-refractivity contribution is 5.81. The van der Waals surface area contributed by atoms with E-state index >= 15 is 0 Å². The van der Waals surface area contributed by atoms with Crippen LogP contribution in [0, 0.1) is 0 Å². The molecule has 20 heavy (non-hydrogen) atoms. The van der Waals surface area contributed by atoms with E-state index in [9.17, 15) is 22.8 Å². The van der Waals surface area contributed by atoms with Gasteiger partial charge in [0.2, 0.25) is 0 Å². The highest BCUT2D eigenvalue weighted by Crippen LogP contribution is 2.28. The second-order valence-electron chi connectivity index (χ2n) is 5.41. The fourth-order valence-electron chi connectivity index (χ4n) is 1.83. The van der Waals surface area contributed by atoms with Crippen LogP contribution in [0.3, 0.4) is 0 Å². The number of carboxylic acid groups (broad SMARTS) is 1. The summed E-state index contributed by atoms with van der Waals surface area (Å²) in [6.07, 6.45) is -7.70. The summed E-state index contributed by atoms with van der Waals surface area (Å²) in [5.41, 5.74) is -0.872. The van der Waals surface area contributed by atoms with Gasteiger partial charge in [-0.3, -0.25) is 9.64 Å². The van der Waals surface area contributed by atoms with Crippen LogP contribution in [0.25, 0.3) is 0 Å². The second kappa shape index (κ2) is 5.47. The standard InChI is InChI=1S/C11H16F3NO5/c1-10(2,3)20-9(18)15-5-6(19-11(12,13)14)4-7(15)8(16)17/h6-7H,4-5H2,1-3H3,(H,16,17)/t6-,7-/m0/s1. The van der Waals surface area contributed by atoms with Gasteiger partial charge in [-0.15, -0.1) is 13.2 Å². The number of halogens is 3. The van der Waals surface area contributed by atoms with Gasteiger partial charge in [-0.05, 0) is 20.8 Å². The molecule has 1 amide bonds. The number of rotatable bonds is 2. The van der Waals surface area contributed by atoms with Crippen molar-refractivity contribution in [2.75, 3.05) is 6.54 Å². The number of carbonyl (C=O) groups excluding carboxylic acids is 1. The van der Waals surface area contributed by atoms with E-state index in [1.807, 2.05) is 0 Å². The van der Waals surface area contributed by atoms with Crippen LogP contribution in [-0.4, -0.2) is 52.7 Å². The van der Waals surface area contributed by atoms with E-state index in [1.54, 1.807) is 20.8 Å².